The first kappa shape index (κ1) is 15.4. The van der Waals surface area contributed by atoms with E-state index in [1.807, 2.05) is 60.7 Å². The van der Waals surface area contributed by atoms with E-state index in [4.69, 9.17) is 23.2 Å². The summed E-state index contributed by atoms with van der Waals surface area (Å²) in [5.74, 6) is 0.699. The molecule has 2 aromatic rings. The van der Waals surface area contributed by atoms with Crippen LogP contribution in [-0.4, -0.2) is 11.5 Å². The number of hydrogen-bond donors (Lipinski definition) is 0. The summed E-state index contributed by atoms with van der Waals surface area (Å²) in [5, 5.41) is 1.29. The van der Waals surface area contributed by atoms with Crippen molar-refractivity contribution in [2.75, 3.05) is 5.75 Å². The lowest BCUT2D eigenvalue weighted by molar-refractivity contribution is -0.111. The average Bonchev–Trinajstić information content (AvgIpc) is 2.85. The largest absolute Gasteiger partial charge is 0.288 e. The molecular weight excluding hydrogens is 335 g/mol. The van der Waals surface area contributed by atoms with Gasteiger partial charge < -0.3 is 0 Å². The van der Waals surface area contributed by atoms with Crippen molar-refractivity contribution in [3.8, 4) is 0 Å². The van der Waals surface area contributed by atoms with E-state index in [0.29, 0.717) is 20.7 Å². The molecule has 3 rings (SSSR count). The molecule has 0 bridgehead atoms. The van der Waals surface area contributed by atoms with Gasteiger partial charge in [0.2, 0.25) is 0 Å². The number of carbonyl (C=O) groups is 1. The molecule has 2 aromatic carbocycles. The highest BCUT2D eigenvalue weighted by atomic mass is 35.5. The van der Waals surface area contributed by atoms with Crippen LogP contribution in [0.5, 0.6) is 0 Å². The lowest BCUT2D eigenvalue weighted by atomic mass is 10.1. The Hall–Kier alpha value is -1.48. The summed E-state index contributed by atoms with van der Waals surface area (Å²) in [5.41, 5.74) is 2.49. The van der Waals surface area contributed by atoms with Gasteiger partial charge in [0.15, 0.2) is 5.78 Å². The molecule has 1 fully saturated rings. The number of halogens is 2. The van der Waals surface area contributed by atoms with Crippen LogP contribution in [0, 0.1) is 0 Å². The highest BCUT2D eigenvalue weighted by Crippen LogP contribution is 2.35. The Morgan fingerprint density at radius 1 is 0.864 bits per heavy atom. The molecule has 1 aliphatic rings. The van der Waals surface area contributed by atoms with Crippen LogP contribution in [0.2, 0.25) is 10.0 Å². The summed E-state index contributed by atoms with van der Waals surface area (Å²) in [6.07, 6.45) is 3.72. The maximum Gasteiger partial charge on any atom is 0.196 e. The third kappa shape index (κ3) is 3.30. The fourth-order valence-electron chi connectivity index (χ4n) is 2.17. The molecule has 0 amide bonds. The maximum absolute atomic E-state index is 12.5. The monoisotopic (exact) mass is 346 g/mol. The Bertz CT molecular complexity index is 728. The predicted octanol–water partition coefficient (Wildman–Crippen LogP) is 5.73. The summed E-state index contributed by atoms with van der Waals surface area (Å²) in [7, 11) is 0. The van der Waals surface area contributed by atoms with Crippen LogP contribution in [0.15, 0.2) is 59.0 Å². The summed E-state index contributed by atoms with van der Waals surface area (Å²) in [4.78, 5) is 13.2. The van der Waals surface area contributed by atoms with Gasteiger partial charge >= 0.3 is 0 Å². The Morgan fingerprint density at radius 2 is 1.41 bits per heavy atom. The smallest absolute Gasteiger partial charge is 0.196 e. The third-order valence-corrected chi connectivity index (χ3v) is 5.08. The molecule has 1 nitrogen and oxygen atoms in total. The molecule has 0 atom stereocenters. The molecule has 0 aromatic heterocycles. The molecule has 1 saturated heterocycles. The van der Waals surface area contributed by atoms with Gasteiger partial charge in [-0.1, -0.05) is 59.6 Å². The summed E-state index contributed by atoms with van der Waals surface area (Å²) in [6, 6.07) is 15.0. The zero-order valence-corrected chi connectivity index (χ0v) is 13.9. The third-order valence-electron chi connectivity index (χ3n) is 3.33. The maximum atomic E-state index is 12.5. The zero-order valence-electron chi connectivity index (χ0n) is 11.6. The Morgan fingerprint density at radius 3 is 2.00 bits per heavy atom. The highest BCUT2D eigenvalue weighted by Gasteiger charge is 2.24. The molecule has 110 valence electrons. The fraction of sp³-hybridized carbons (Fsp3) is 0.0556. The van der Waals surface area contributed by atoms with Gasteiger partial charge in [-0.25, -0.2) is 0 Å². The van der Waals surface area contributed by atoms with E-state index in [1.54, 1.807) is 0 Å². The molecule has 1 aliphatic heterocycles. The summed E-state index contributed by atoms with van der Waals surface area (Å²) >= 11 is 13.8. The van der Waals surface area contributed by atoms with Gasteiger partial charge in [0.05, 0.1) is 4.91 Å². The second-order valence-electron chi connectivity index (χ2n) is 4.84. The van der Waals surface area contributed by atoms with Crippen molar-refractivity contribution < 1.29 is 4.79 Å². The van der Waals surface area contributed by atoms with Crippen molar-refractivity contribution in [1.29, 1.82) is 0 Å². The second-order valence-corrected chi connectivity index (χ2v) is 6.67. The number of benzene rings is 2. The SMILES string of the molecule is O=C1/C(=C/c2ccccc2Cl)CS/C1=C/c1ccccc1Cl. The van der Waals surface area contributed by atoms with E-state index in [1.165, 1.54) is 11.8 Å². The second kappa shape index (κ2) is 6.74. The van der Waals surface area contributed by atoms with Crippen LogP contribution < -0.4 is 0 Å². The molecule has 0 saturated carbocycles. The first-order chi connectivity index (χ1) is 10.6. The lowest BCUT2D eigenvalue weighted by Gasteiger charge is -2.00. The molecule has 0 aliphatic carbocycles. The van der Waals surface area contributed by atoms with Gasteiger partial charge in [-0.05, 0) is 35.4 Å². The number of ketones is 1. The highest BCUT2D eigenvalue weighted by molar-refractivity contribution is 8.05. The quantitative estimate of drug-likeness (QED) is 0.645. The predicted molar refractivity (Wildman–Crippen MR) is 96.3 cm³/mol. The van der Waals surface area contributed by atoms with Gasteiger partial charge in [-0.3, -0.25) is 4.79 Å². The van der Waals surface area contributed by atoms with Crippen molar-refractivity contribution >= 4 is 52.9 Å². The van der Waals surface area contributed by atoms with Crippen LogP contribution in [0.1, 0.15) is 11.1 Å². The first-order valence-electron chi connectivity index (χ1n) is 6.74. The minimum atomic E-state index is 0.0461. The van der Waals surface area contributed by atoms with Crippen LogP contribution in [0.25, 0.3) is 12.2 Å². The van der Waals surface area contributed by atoms with E-state index in [0.717, 1.165) is 16.7 Å². The van der Waals surface area contributed by atoms with Gasteiger partial charge in [-0.15, -0.1) is 11.8 Å². The number of rotatable bonds is 2. The zero-order chi connectivity index (χ0) is 15.5. The van der Waals surface area contributed by atoms with E-state index >= 15 is 0 Å². The number of allylic oxidation sites excluding steroid dienone is 1. The van der Waals surface area contributed by atoms with E-state index in [2.05, 4.69) is 0 Å². The van der Waals surface area contributed by atoms with E-state index < -0.39 is 0 Å². The Kier molecular flexibility index (Phi) is 4.72. The fourth-order valence-corrected chi connectivity index (χ4v) is 3.55. The van der Waals surface area contributed by atoms with E-state index in [9.17, 15) is 4.79 Å². The van der Waals surface area contributed by atoms with Crippen LogP contribution in [0.4, 0.5) is 0 Å². The number of Topliss-reactive ketones (excluding diaryl/α,β-unsaturated/α-hetero) is 1. The first-order valence-corrected chi connectivity index (χ1v) is 8.48. The Balaban J connectivity index is 1.90. The minimum Gasteiger partial charge on any atom is -0.288 e. The molecule has 4 heteroatoms. The summed E-state index contributed by atoms with van der Waals surface area (Å²) < 4.78 is 0. The van der Waals surface area contributed by atoms with Crippen molar-refractivity contribution in [3.63, 3.8) is 0 Å². The average molecular weight is 347 g/mol. The van der Waals surface area contributed by atoms with Crippen molar-refractivity contribution in [3.05, 3.63) is 80.2 Å². The molecule has 0 N–H and O–H groups in total. The number of hydrogen-bond acceptors (Lipinski definition) is 2. The van der Waals surface area contributed by atoms with Gasteiger partial charge in [0.25, 0.3) is 0 Å². The minimum absolute atomic E-state index is 0.0461. The van der Waals surface area contributed by atoms with Crippen molar-refractivity contribution in [1.82, 2.24) is 0 Å². The topological polar surface area (TPSA) is 17.1 Å². The summed E-state index contributed by atoms with van der Waals surface area (Å²) in [6.45, 7) is 0. The molecule has 0 radical (unpaired) electrons. The normalized spacial score (nSPS) is 18.4. The van der Waals surface area contributed by atoms with Gasteiger partial charge in [0, 0.05) is 21.4 Å². The number of carbonyl (C=O) groups excluding carboxylic acids is 1. The van der Waals surface area contributed by atoms with Crippen LogP contribution in [0.3, 0.4) is 0 Å². The molecule has 1 heterocycles. The molecule has 0 spiro atoms. The standard InChI is InChI=1S/C18H12Cl2OS/c19-15-7-3-1-5-12(15)9-14-11-22-17(18(14)21)10-13-6-2-4-8-16(13)20/h1-10H,11H2/b14-9+,17-10+. The van der Waals surface area contributed by atoms with Crippen molar-refractivity contribution in [2.45, 2.75) is 0 Å². The van der Waals surface area contributed by atoms with Gasteiger partial charge in [-0.2, -0.15) is 0 Å². The Labute approximate surface area is 143 Å². The molecular formula is C18H12Cl2OS. The lowest BCUT2D eigenvalue weighted by Crippen LogP contribution is -1.96. The molecule has 0 unspecified atom stereocenters. The van der Waals surface area contributed by atoms with E-state index in [-0.39, 0.29) is 5.78 Å². The molecule has 22 heavy (non-hydrogen) atoms. The van der Waals surface area contributed by atoms with Gasteiger partial charge in [0.1, 0.15) is 0 Å². The van der Waals surface area contributed by atoms with Crippen LogP contribution in [-0.2, 0) is 4.79 Å². The van der Waals surface area contributed by atoms with Crippen LogP contribution >= 0.6 is 35.0 Å². The number of thioether (sulfide) groups is 1. The van der Waals surface area contributed by atoms with Crippen molar-refractivity contribution in [2.24, 2.45) is 0 Å².